The highest BCUT2D eigenvalue weighted by molar-refractivity contribution is 8.06. The average Bonchev–Trinajstić information content (AvgIpc) is 3.56. The Kier molecular flexibility index (Phi) is 11.8. The number of carboxylic acid groups (broad SMARTS) is 1. The molecule has 0 radical (unpaired) electrons. The summed E-state index contributed by atoms with van der Waals surface area (Å²) in [7, 11) is 1.86. The average molecular weight is 714 g/mol. The van der Waals surface area contributed by atoms with Crippen molar-refractivity contribution in [3.63, 3.8) is 0 Å². The molecule has 0 bridgehead atoms. The molecule has 236 valence electrons. The van der Waals surface area contributed by atoms with Gasteiger partial charge in [0.05, 0.1) is 17.2 Å². The molecular formula is C22H29ClFN9O5S5. The van der Waals surface area contributed by atoms with Gasteiger partial charge in [0.25, 0.3) is 5.91 Å². The molecule has 4 rings (SSSR count). The number of nitrogens with one attached hydrogen (secondary N) is 3. The van der Waals surface area contributed by atoms with Gasteiger partial charge in [-0.1, -0.05) is 44.3 Å². The first-order valence-electron chi connectivity index (χ1n) is 12.7. The van der Waals surface area contributed by atoms with Gasteiger partial charge < -0.3 is 31.2 Å². The van der Waals surface area contributed by atoms with Crippen LogP contribution in [0.15, 0.2) is 9.36 Å². The first-order valence-corrected chi connectivity index (χ1v) is 17.6. The van der Waals surface area contributed by atoms with Gasteiger partial charge in [-0.3, -0.25) is 19.7 Å². The summed E-state index contributed by atoms with van der Waals surface area (Å²) in [5.74, 6) is -1.66. The van der Waals surface area contributed by atoms with Crippen molar-refractivity contribution >= 4 is 98.4 Å². The number of hydrogen-bond acceptors (Lipinski definition) is 16. The molecule has 43 heavy (non-hydrogen) atoms. The molecule has 2 aliphatic rings. The monoisotopic (exact) mass is 713 g/mol. The van der Waals surface area contributed by atoms with E-state index >= 15 is 0 Å². The van der Waals surface area contributed by atoms with Crippen LogP contribution in [0, 0.1) is 0 Å². The van der Waals surface area contributed by atoms with Crippen LogP contribution in [0.5, 0.6) is 0 Å². The molecule has 2 amide bonds. The van der Waals surface area contributed by atoms with Crippen molar-refractivity contribution in [1.82, 2.24) is 35.4 Å². The number of amides is 2. The number of carbonyl (C=O) groups excluding carboxylic acids is 2. The van der Waals surface area contributed by atoms with Crippen LogP contribution >= 0.6 is 69.8 Å². The Labute approximate surface area is 272 Å². The lowest BCUT2D eigenvalue weighted by Crippen LogP contribution is -2.74. The summed E-state index contributed by atoms with van der Waals surface area (Å²) in [4.78, 5) is 49.2. The lowest BCUT2D eigenvalue weighted by atomic mass is 10.0. The Morgan fingerprint density at radius 1 is 1.42 bits per heavy atom. The molecule has 2 saturated heterocycles. The number of halogens is 2. The molecule has 6 N–H and O–H groups in total. The number of hydrogen-bond donors (Lipinski definition) is 5. The van der Waals surface area contributed by atoms with E-state index < -0.39 is 47.2 Å². The van der Waals surface area contributed by atoms with E-state index in [0.29, 0.717) is 15.7 Å². The number of anilines is 1. The molecule has 3 unspecified atom stereocenters. The Hall–Kier alpha value is -1.94. The summed E-state index contributed by atoms with van der Waals surface area (Å²) < 4.78 is 16.0. The maximum absolute atomic E-state index is 13.2. The standard InChI is InChI=1S/C22H29ClFN9O5S5/c1-9(26-3)27-10(2)39-6-11-19(43-32-30-11)42-22(20(36)37)7-33-17(35)14(18(33)40-8-22)28-16(34)13(31-38-5-4-24)12-15(23)41-21(25)29-12/h9-10,14,18,26-27H,4-8H2,1-3H3,(H2,25,29)(H,28,34)(H,36,37)/t9?,10?,14-,18-,22?/m1/s1. The first kappa shape index (κ1) is 33.9. The second-order valence-electron chi connectivity index (χ2n) is 9.29. The number of carbonyl (C=O) groups is 3. The van der Waals surface area contributed by atoms with Crippen molar-refractivity contribution in [3.05, 3.63) is 15.7 Å². The van der Waals surface area contributed by atoms with Crippen LogP contribution in [0.25, 0.3) is 0 Å². The predicted molar refractivity (Wildman–Crippen MR) is 168 cm³/mol. The molecule has 0 saturated carbocycles. The molecule has 2 fully saturated rings. The van der Waals surface area contributed by atoms with Crippen molar-refractivity contribution < 1.29 is 28.7 Å². The number of β-lactam (4-membered cyclic amide) rings is 1. The zero-order chi connectivity index (χ0) is 31.3. The summed E-state index contributed by atoms with van der Waals surface area (Å²) in [6, 6.07) is -0.957. The molecule has 2 aromatic heterocycles. The third kappa shape index (κ3) is 7.84. The number of fused-ring (bicyclic) bond motifs is 1. The van der Waals surface area contributed by atoms with Crippen LogP contribution < -0.4 is 21.7 Å². The molecule has 2 aliphatic heterocycles. The van der Waals surface area contributed by atoms with Gasteiger partial charge in [-0.25, -0.2) is 9.37 Å². The molecule has 21 heteroatoms. The fraction of sp³-hybridized carbons (Fsp3) is 0.591. The van der Waals surface area contributed by atoms with Crippen molar-refractivity contribution in [2.75, 3.05) is 38.4 Å². The highest BCUT2D eigenvalue weighted by atomic mass is 35.5. The van der Waals surface area contributed by atoms with Crippen molar-refractivity contribution in [2.24, 2.45) is 5.16 Å². The number of thioether (sulfide) groups is 3. The fourth-order valence-electron chi connectivity index (χ4n) is 4.03. The number of nitrogens with zero attached hydrogens (tertiary/aromatic N) is 5. The molecule has 0 aromatic carbocycles. The predicted octanol–water partition coefficient (Wildman–Crippen LogP) is 1.67. The Balaban J connectivity index is 1.42. The first-order chi connectivity index (χ1) is 20.5. The Morgan fingerprint density at radius 3 is 2.84 bits per heavy atom. The van der Waals surface area contributed by atoms with E-state index in [9.17, 15) is 23.9 Å². The van der Waals surface area contributed by atoms with Gasteiger partial charge >= 0.3 is 5.97 Å². The molecule has 14 nitrogen and oxygen atoms in total. The highest BCUT2D eigenvalue weighted by Gasteiger charge is 2.58. The van der Waals surface area contributed by atoms with E-state index in [2.05, 4.69) is 35.7 Å². The van der Waals surface area contributed by atoms with Crippen LogP contribution in [-0.4, -0.2) is 108 Å². The maximum Gasteiger partial charge on any atom is 0.322 e. The van der Waals surface area contributed by atoms with E-state index in [1.807, 2.05) is 20.9 Å². The number of alkyl halides is 1. The molecule has 2 aromatic rings. The van der Waals surface area contributed by atoms with Gasteiger partial charge in [0.2, 0.25) is 5.91 Å². The van der Waals surface area contributed by atoms with Crippen LogP contribution in [0.3, 0.4) is 0 Å². The summed E-state index contributed by atoms with van der Waals surface area (Å²) >= 11 is 12.2. The molecule has 5 atom stereocenters. The Bertz CT molecular complexity index is 1370. The number of nitrogen functional groups attached to an aromatic ring is 1. The minimum Gasteiger partial charge on any atom is -0.480 e. The van der Waals surface area contributed by atoms with Gasteiger partial charge in [-0.05, 0) is 32.4 Å². The molecular weight excluding hydrogens is 685 g/mol. The number of oxime groups is 1. The second kappa shape index (κ2) is 14.9. The van der Waals surface area contributed by atoms with Crippen molar-refractivity contribution in [1.29, 1.82) is 0 Å². The number of thiazole rings is 1. The van der Waals surface area contributed by atoms with Gasteiger partial charge in [0, 0.05) is 18.1 Å². The number of carboxylic acids is 1. The third-order valence-electron chi connectivity index (χ3n) is 6.29. The number of aromatic nitrogens is 3. The summed E-state index contributed by atoms with van der Waals surface area (Å²) in [5, 5.41) is 27.0. The highest BCUT2D eigenvalue weighted by Crippen LogP contribution is 2.48. The zero-order valence-corrected chi connectivity index (χ0v) is 27.9. The van der Waals surface area contributed by atoms with Gasteiger partial charge in [-0.2, -0.15) is 0 Å². The van der Waals surface area contributed by atoms with Crippen LogP contribution in [0.1, 0.15) is 25.2 Å². The number of rotatable bonds is 15. The van der Waals surface area contributed by atoms with Crippen molar-refractivity contribution in [2.45, 2.75) is 51.5 Å². The van der Waals surface area contributed by atoms with Gasteiger partial charge in [-0.15, -0.1) is 28.6 Å². The second-order valence-corrected chi connectivity index (χ2v) is 15.8. The van der Waals surface area contributed by atoms with E-state index in [0.717, 1.165) is 34.6 Å². The Morgan fingerprint density at radius 2 is 2.19 bits per heavy atom. The lowest BCUT2D eigenvalue weighted by Gasteiger charge is -2.53. The van der Waals surface area contributed by atoms with Crippen molar-refractivity contribution in [3.8, 4) is 0 Å². The third-order valence-corrected chi connectivity index (χ3v) is 12.5. The minimum absolute atomic E-state index is 0.0596. The molecule has 4 heterocycles. The zero-order valence-electron chi connectivity index (χ0n) is 23.0. The SMILES string of the molecule is CNC(C)NC(C)SCc1nnsc1SC1(C(=O)O)CS[C@@H]2[C@H](NC(=O)C(=NOCCF)c3nc(N)sc3Cl)C(=O)N2C1. The normalized spacial score (nSPS) is 23.3. The van der Waals surface area contributed by atoms with E-state index in [-0.39, 0.29) is 44.7 Å². The minimum atomic E-state index is -1.34. The van der Waals surface area contributed by atoms with E-state index in [1.165, 1.54) is 16.7 Å². The summed E-state index contributed by atoms with van der Waals surface area (Å²) in [6.45, 7) is 2.71. The van der Waals surface area contributed by atoms with Gasteiger partial charge in [0.15, 0.2) is 10.8 Å². The van der Waals surface area contributed by atoms with E-state index in [1.54, 1.807) is 11.8 Å². The molecule has 0 spiro atoms. The number of nitrogens with two attached hydrogens (primary N) is 1. The largest absolute Gasteiger partial charge is 0.480 e. The number of aliphatic carboxylic acids is 1. The smallest absolute Gasteiger partial charge is 0.322 e. The summed E-state index contributed by atoms with van der Waals surface area (Å²) in [5.41, 5.74) is 5.95. The van der Waals surface area contributed by atoms with Gasteiger partial charge in [0.1, 0.15) is 43.7 Å². The quantitative estimate of drug-likeness (QED) is 0.0588. The van der Waals surface area contributed by atoms with Crippen LogP contribution in [0.4, 0.5) is 9.52 Å². The lowest BCUT2D eigenvalue weighted by molar-refractivity contribution is -0.151. The van der Waals surface area contributed by atoms with Crippen LogP contribution in [0.2, 0.25) is 4.34 Å². The molecule has 0 aliphatic carbocycles. The maximum atomic E-state index is 13.2. The van der Waals surface area contributed by atoms with E-state index in [4.69, 9.17) is 22.2 Å². The summed E-state index contributed by atoms with van der Waals surface area (Å²) in [6.07, 6.45) is 0.118. The topological polar surface area (TPSA) is 197 Å². The van der Waals surface area contributed by atoms with Crippen LogP contribution in [-0.2, 0) is 25.0 Å². The fourth-order valence-corrected chi connectivity index (χ4v) is 9.91.